The molecule has 0 saturated carbocycles. The maximum absolute atomic E-state index is 14.3. The molecule has 45 heavy (non-hydrogen) atoms. The summed E-state index contributed by atoms with van der Waals surface area (Å²) < 4.78 is 31.7. The smallest absolute Gasteiger partial charge is 0.255 e. The number of rotatable bonds is 8. The fraction of sp³-hybridized carbons (Fsp3) is 0.222. The second kappa shape index (κ2) is 13.2. The van der Waals surface area contributed by atoms with E-state index in [2.05, 4.69) is 5.32 Å². The number of fused-ring (bicyclic) bond motifs is 1. The number of carbonyl (C=O) groups is 2. The number of likely N-dealkylation sites (tertiary alicyclic amines) is 1. The quantitative estimate of drug-likeness (QED) is 0.136. The van der Waals surface area contributed by atoms with Gasteiger partial charge in [-0.15, -0.1) is 0 Å². The van der Waals surface area contributed by atoms with Crippen molar-refractivity contribution in [2.45, 2.75) is 24.7 Å². The van der Waals surface area contributed by atoms with Crippen LogP contribution in [0.5, 0.6) is 0 Å². The summed E-state index contributed by atoms with van der Waals surface area (Å²) >= 11 is 0.581. The maximum atomic E-state index is 14.3. The summed E-state index contributed by atoms with van der Waals surface area (Å²) in [5, 5.41) is 3.32. The zero-order chi connectivity index (χ0) is 31.5. The van der Waals surface area contributed by atoms with Crippen LogP contribution in [0.25, 0.3) is 22.3 Å². The topological polar surface area (TPSA) is 86.0 Å². The Morgan fingerprint density at radius 3 is 2.24 bits per heavy atom. The van der Waals surface area contributed by atoms with Gasteiger partial charge in [-0.05, 0) is 59.9 Å². The number of halogens is 1. The normalized spacial score (nSPS) is 15.0. The summed E-state index contributed by atoms with van der Waals surface area (Å²) in [6.07, 6.45) is 1.63. The molecule has 2 heterocycles. The van der Waals surface area contributed by atoms with Crippen molar-refractivity contribution in [1.29, 1.82) is 0 Å². The SMILES string of the molecule is CNC(=O)c1c(-c2ccc(F)cc2)oc2cc(N(C)SO)c([C@H]3CCCN(C(=O)C(c4ccccc4)c4ccccc4)C3)cc12. The van der Waals surface area contributed by atoms with Crippen molar-refractivity contribution in [2.24, 2.45) is 0 Å². The molecule has 2 amide bonds. The van der Waals surface area contributed by atoms with E-state index in [0.29, 0.717) is 53.2 Å². The summed E-state index contributed by atoms with van der Waals surface area (Å²) in [5.41, 5.74) is 4.89. The number of hydrogen-bond acceptors (Lipinski definition) is 6. The average molecular weight is 624 g/mol. The van der Waals surface area contributed by atoms with Crippen LogP contribution < -0.4 is 9.62 Å². The molecule has 0 radical (unpaired) electrons. The summed E-state index contributed by atoms with van der Waals surface area (Å²) in [7, 11) is 3.31. The van der Waals surface area contributed by atoms with E-state index < -0.39 is 5.92 Å². The third kappa shape index (κ3) is 6.06. The Morgan fingerprint density at radius 2 is 1.64 bits per heavy atom. The molecule has 0 bridgehead atoms. The molecule has 0 spiro atoms. The molecule has 1 aliphatic rings. The zero-order valence-corrected chi connectivity index (χ0v) is 25.9. The van der Waals surface area contributed by atoms with Gasteiger partial charge in [-0.1, -0.05) is 60.7 Å². The van der Waals surface area contributed by atoms with Crippen LogP contribution in [-0.4, -0.2) is 48.5 Å². The van der Waals surface area contributed by atoms with E-state index in [0.717, 1.165) is 35.2 Å². The molecular formula is C36H34FN3O4S. The standard InChI is InChI=1S/C36H34FN3O4S/c1-38-35(41)33-29-20-28(30(39(2)45-43)21-31(29)44-34(33)25-15-17-27(37)18-16-25)26-14-9-19-40(22-26)36(42)32(23-10-5-3-6-11-23)24-12-7-4-8-13-24/h3-8,10-13,15-18,20-21,26,32,43H,9,14,19,22H2,1-2H3,(H,38,41)/t26-/m0/s1. The van der Waals surface area contributed by atoms with Gasteiger partial charge in [-0.2, -0.15) is 0 Å². The van der Waals surface area contributed by atoms with Crippen molar-refractivity contribution in [3.8, 4) is 11.3 Å². The predicted molar refractivity (Wildman–Crippen MR) is 177 cm³/mol. The lowest BCUT2D eigenvalue weighted by Gasteiger charge is -2.36. The average Bonchev–Trinajstić information content (AvgIpc) is 3.47. The highest BCUT2D eigenvalue weighted by Crippen LogP contribution is 2.43. The van der Waals surface area contributed by atoms with Gasteiger partial charge in [0.15, 0.2) is 0 Å². The molecule has 1 fully saturated rings. The van der Waals surface area contributed by atoms with Crippen molar-refractivity contribution in [3.63, 3.8) is 0 Å². The van der Waals surface area contributed by atoms with Gasteiger partial charge in [-0.25, -0.2) is 4.39 Å². The Balaban J connectivity index is 1.42. The minimum Gasteiger partial charge on any atom is -0.455 e. The van der Waals surface area contributed by atoms with Crippen LogP contribution in [0.4, 0.5) is 10.1 Å². The fourth-order valence-electron chi connectivity index (χ4n) is 6.33. The van der Waals surface area contributed by atoms with E-state index in [1.165, 1.54) is 12.1 Å². The first-order valence-corrected chi connectivity index (χ1v) is 15.6. The monoisotopic (exact) mass is 623 g/mol. The number of nitrogens with zero attached hydrogens (tertiary/aromatic N) is 2. The lowest BCUT2D eigenvalue weighted by Crippen LogP contribution is -2.42. The Labute approximate surface area is 266 Å². The lowest BCUT2D eigenvalue weighted by molar-refractivity contribution is -0.133. The number of benzene rings is 4. The molecule has 230 valence electrons. The van der Waals surface area contributed by atoms with Gasteiger partial charge in [-0.3, -0.25) is 13.9 Å². The van der Waals surface area contributed by atoms with Gasteiger partial charge < -0.3 is 19.2 Å². The van der Waals surface area contributed by atoms with E-state index >= 15 is 0 Å². The Bertz CT molecular complexity index is 1770. The molecule has 0 unspecified atom stereocenters. The Morgan fingerprint density at radius 1 is 1.00 bits per heavy atom. The predicted octanol–water partition coefficient (Wildman–Crippen LogP) is 7.69. The number of piperidine rings is 1. The first-order chi connectivity index (χ1) is 21.9. The highest BCUT2D eigenvalue weighted by Gasteiger charge is 2.33. The second-order valence-corrected chi connectivity index (χ2v) is 12.0. The molecule has 1 aliphatic heterocycles. The van der Waals surface area contributed by atoms with Crippen LogP contribution in [0.15, 0.2) is 101 Å². The molecule has 1 saturated heterocycles. The second-order valence-electron chi connectivity index (χ2n) is 11.3. The van der Waals surface area contributed by atoms with Crippen molar-refractivity contribution >= 4 is 40.7 Å². The summed E-state index contributed by atoms with van der Waals surface area (Å²) in [6, 6.07) is 29.3. The highest BCUT2D eigenvalue weighted by molar-refractivity contribution is 7.95. The molecule has 6 rings (SSSR count). The summed E-state index contributed by atoms with van der Waals surface area (Å²) in [6.45, 7) is 1.12. The van der Waals surface area contributed by atoms with Gasteiger partial charge >= 0.3 is 0 Å². The number of carbonyl (C=O) groups excluding carboxylic acids is 2. The van der Waals surface area contributed by atoms with Gasteiger partial charge in [0.25, 0.3) is 5.91 Å². The van der Waals surface area contributed by atoms with Crippen LogP contribution in [0.3, 0.4) is 0 Å². The first-order valence-electron chi connectivity index (χ1n) is 14.9. The van der Waals surface area contributed by atoms with Crippen LogP contribution >= 0.6 is 12.2 Å². The van der Waals surface area contributed by atoms with E-state index in [1.807, 2.05) is 77.7 Å². The van der Waals surface area contributed by atoms with Crippen LogP contribution in [-0.2, 0) is 4.79 Å². The van der Waals surface area contributed by atoms with Crippen molar-refractivity contribution in [1.82, 2.24) is 10.2 Å². The van der Waals surface area contributed by atoms with Crippen molar-refractivity contribution in [3.05, 3.63) is 125 Å². The number of hydrogen-bond donors (Lipinski definition) is 2. The van der Waals surface area contributed by atoms with Gasteiger partial charge in [0.1, 0.15) is 29.4 Å². The molecule has 9 heteroatoms. The minimum atomic E-state index is -0.434. The third-order valence-electron chi connectivity index (χ3n) is 8.55. The number of furan rings is 1. The maximum Gasteiger partial charge on any atom is 0.255 e. The molecule has 1 aromatic heterocycles. The molecule has 1 atom stereocenters. The van der Waals surface area contributed by atoms with E-state index in [4.69, 9.17) is 4.42 Å². The number of nitrogens with one attached hydrogen (secondary N) is 1. The van der Waals surface area contributed by atoms with Crippen molar-refractivity contribution in [2.75, 3.05) is 31.5 Å². The van der Waals surface area contributed by atoms with Crippen LogP contribution in [0.1, 0.15) is 51.7 Å². The molecule has 0 aliphatic carbocycles. The molecular weight excluding hydrogens is 589 g/mol. The molecule has 7 nitrogen and oxygen atoms in total. The van der Waals surface area contributed by atoms with Gasteiger partial charge in [0.2, 0.25) is 5.91 Å². The van der Waals surface area contributed by atoms with Gasteiger partial charge in [0, 0.05) is 50.1 Å². The van der Waals surface area contributed by atoms with Crippen LogP contribution in [0.2, 0.25) is 0 Å². The molecule has 4 aromatic carbocycles. The fourth-order valence-corrected chi connectivity index (χ4v) is 6.58. The van der Waals surface area contributed by atoms with E-state index in [-0.39, 0.29) is 23.5 Å². The zero-order valence-electron chi connectivity index (χ0n) is 25.1. The van der Waals surface area contributed by atoms with Crippen molar-refractivity contribution < 1.29 is 22.9 Å². The summed E-state index contributed by atoms with van der Waals surface area (Å²) in [4.78, 5) is 29.5. The van der Waals surface area contributed by atoms with Crippen LogP contribution in [0, 0.1) is 5.82 Å². The van der Waals surface area contributed by atoms with E-state index in [9.17, 15) is 18.5 Å². The lowest BCUT2D eigenvalue weighted by atomic mass is 9.85. The highest BCUT2D eigenvalue weighted by atomic mass is 32.2. The third-order valence-corrected chi connectivity index (χ3v) is 8.99. The first kappa shape index (κ1) is 30.4. The Hall–Kier alpha value is -4.60. The summed E-state index contributed by atoms with van der Waals surface area (Å²) in [5.74, 6) is -0.842. The largest absolute Gasteiger partial charge is 0.455 e. The number of amides is 2. The Kier molecular flexibility index (Phi) is 8.91. The van der Waals surface area contributed by atoms with E-state index in [1.54, 1.807) is 30.5 Å². The minimum absolute atomic E-state index is 0.0394. The molecule has 2 N–H and O–H groups in total. The molecule has 5 aromatic rings. The number of anilines is 1. The van der Waals surface area contributed by atoms with Gasteiger partial charge in [0.05, 0.1) is 17.2 Å².